The van der Waals surface area contributed by atoms with Crippen molar-refractivity contribution in [1.29, 1.82) is 0 Å². The molecule has 0 fully saturated rings. The van der Waals surface area contributed by atoms with Crippen LogP contribution in [0.3, 0.4) is 0 Å². The van der Waals surface area contributed by atoms with Crippen LogP contribution in [0.1, 0.15) is 5.56 Å². The van der Waals surface area contributed by atoms with E-state index in [1.54, 1.807) is 28.7 Å². The molecule has 0 saturated heterocycles. The Labute approximate surface area is 148 Å². The van der Waals surface area contributed by atoms with E-state index >= 15 is 0 Å². The molecule has 0 atom stereocenters. The smallest absolute Gasteiger partial charge is 0.163 e. The SMILES string of the molecule is Cc1ccc(-c2nnn(CCSc3cc(Cl)ccc3Cl)n2)cc1. The number of rotatable bonds is 5. The van der Waals surface area contributed by atoms with Crippen LogP contribution in [0.25, 0.3) is 11.4 Å². The molecule has 7 heteroatoms. The lowest BCUT2D eigenvalue weighted by atomic mass is 10.1. The Morgan fingerprint density at radius 1 is 1.09 bits per heavy atom. The molecule has 0 amide bonds. The summed E-state index contributed by atoms with van der Waals surface area (Å²) in [4.78, 5) is 2.55. The number of benzene rings is 2. The molecular formula is C16H14Cl2N4S. The van der Waals surface area contributed by atoms with E-state index in [2.05, 4.69) is 15.4 Å². The molecule has 3 aromatic rings. The average molecular weight is 365 g/mol. The third-order valence-corrected chi connectivity index (χ3v) is 4.92. The van der Waals surface area contributed by atoms with Gasteiger partial charge in [0.25, 0.3) is 0 Å². The van der Waals surface area contributed by atoms with E-state index in [0.29, 0.717) is 22.4 Å². The highest BCUT2D eigenvalue weighted by molar-refractivity contribution is 7.99. The molecule has 2 aromatic carbocycles. The highest BCUT2D eigenvalue weighted by Gasteiger charge is 2.07. The van der Waals surface area contributed by atoms with Gasteiger partial charge in [0.15, 0.2) is 0 Å². The highest BCUT2D eigenvalue weighted by atomic mass is 35.5. The molecule has 0 unspecified atom stereocenters. The number of tetrazole rings is 1. The maximum absolute atomic E-state index is 6.14. The molecule has 0 aliphatic heterocycles. The third kappa shape index (κ3) is 4.25. The van der Waals surface area contributed by atoms with Crippen molar-refractivity contribution in [2.75, 3.05) is 5.75 Å². The van der Waals surface area contributed by atoms with Crippen LogP contribution in [0.2, 0.25) is 10.0 Å². The molecule has 4 nitrogen and oxygen atoms in total. The fourth-order valence-electron chi connectivity index (χ4n) is 1.98. The first-order valence-corrected chi connectivity index (χ1v) is 8.79. The second kappa shape index (κ2) is 7.34. The Morgan fingerprint density at radius 3 is 2.65 bits per heavy atom. The first-order chi connectivity index (χ1) is 11.1. The van der Waals surface area contributed by atoms with Gasteiger partial charge in [-0.25, -0.2) is 0 Å². The van der Waals surface area contributed by atoms with Gasteiger partial charge in [0.2, 0.25) is 5.82 Å². The van der Waals surface area contributed by atoms with Crippen LogP contribution < -0.4 is 0 Å². The van der Waals surface area contributed by atoms with E-state index in [1.165, 1.54) is 5.56 Å². The fourth-order valence-corrected chi connectivity index (χ4v) is 3.39. The van der Waals surface area contributed by atoms with Crippen molar-refractivity contribution in [1.82, 2.24) is 20.2 Å². The molecule has 23 heavy (non-hydrogen) atoms. The molecule has 118 valence electrons. The van der Waals surface area contributed by atoms with Crippen LogP contribution in [0.5, 0.6) is 0 Å². The van der Waals surface area contributed by atoms with E-state index in [1.807, 2.05) is 37.3 Å². The number of aromatic nitrogens is 4. The zero-order valence-electron chi connectivity index (χ0n) is 12.4. The van der Waals surface area contributed by atoms with E-state index in [0.717, 1.165) is 16.2 Å². The summed E-state index contributed by atoms with van der Waals surface area (Å²) in [5, 5.41) is 14.0. The van der Waals surface area contributed by atoms with Gasteiger partial charge in [0, 0.05) is 21.2 Å². The van der Waals surface area contributed by atoms with Gasteiger partial charge >= 0.3 is 0 Å². The summed E-state index contributed by atoms with van der Waals surface area (Å²) in [6, 6.07) is 13.5. The number of hydrogen-bond donors (Lipinski definition) is 0. The average Bonchev–Trinajstić information content (AvgIpc) is 3.00. The molecule has 1 heterocycles. The number of thioether (sulfide) groups is 1. The molecule has 0 N–H and O–H groups in total. The normalized spacial score (nSPS) is 10.9. The number of nitrogens with zero attached hydrogens (tertiary/aromatic N) is 4. The van der Waals surface area contributed by atoms with Crippen molar-refractivity contribution >= 4 is 35.0 Å². The molecule has 0 saturated carbocycles. The van der Waals surface area contributed by atoms with Gasteiger partial charge in [0.1, 0.15) is 0 Å². The van der Waals surface area contributed by atoms with Gasteiger partial charge in [0.05, 0.1) is 11.6 Å². The van der Waals surface area contributed by atoms with Crippen molar-refractivity contribution in [2.45, 2.75) is 18.4 Å². The summed E-state index contributed by atoms with van der Waals surface area (Å²) in [6.45, 7) is 2.69. The van der Waals surface area contributed by atoms with E-state index in [-0.39, 0.29) is 0 Å². The summed E-state index contributed by atoms with van der Waals surface area (Å²) in [7, 11) is 0. The van der Waals surface area contributed by atoms with Crippen molar-refractivity contribution < 1.29 is 0 Å². The minimum atomic E-state index is 0.635. The minimum Gasteiger partial charge on any atom is -0.163 e. The standard InChI is InChI=1S/C16H14Cl2N4S/c1-11-2-4-12(5-3-11)16-19-21-22(20-16)8-9-23-15-10-13(17)6-7-14(15)18/h2-7,10H,8-9H2,1H3. The monoisotopic (exact) mass is 364 g/mol. The zero-order chi connectivity index (χ0) is 16.2. The summed E-state index contributed by atoms with van der Waals surface area (Å²) >= 11 is 13.7. The number of hydrogen-bond acceptors (Lipinski definition) is 4. The summed E-state index contributed by atoms with van der Waals surface area (Å²) in [5.41, 5.74) is 2.17. The second-order valence-electron chi connectivity index (χ2n) is 5.00. The lowest BCUT2D eigenvalue weighted by molar-refractivity contribution is 0.557. The Balaban J connectivity index is 1.61. The van der Waals surface area contributed by atoms with Crippen molar-refractivity contribution in [2.24, 2.45) is 0 Å². The van der Waals surface area contributed by atoms with E-state index in [9.17, 15) is 0 Å². The quantitative estimate of drug-likeness (QED) is 0.612. The predicted molar refractivity (Wildman–Crippen MR) is 95.2 cm³/mol. The van der Waals surface area contributed by atoms with Crippen LogP contribution >= 0.6 is 35.0 Å². The highest BCUT2D eigenvalue weighted by Crippen LogP contribution is 2.29. The van der Waals surface area contributed by atoms with Crippen LogP contribution in [0.4, 0.5) is 0 Å². The third-order valence-electron chi connectivity index (χ3n) is 3.20. The molecule has 0 aliphatic rings. The molecule has 0 bridgehead atoms. The van der Waals surface area contributed by atoms with Gasteiger partial charge in [-0.2, -0.15) is 4.80 Å². The maximum Gasteiger partial charge on any atom is 0.204 e. The van der Waals surface area contributed by atoms with Crippen LogP contribution in [0.15, 0.2) is 47.4 Å². The Bertz CT molecular complexity index is 802. The molecular weight excluding hydrogens is 351 g/mol. The Morgan fingerprint density at radius 2 is 1.87 bits per heavy atom. The summed E-state index contributed by atoms with van der Waals surface area (Å²) in [6.07, 6.45) is 0. The molecule has 0 radical (unpaired) electrons. The second-order valence-corrected chi connectivity index (χ2v) is 6.98. The lowest BCUT2D eigenvalue weighted by Crippen LogP contribution is -2.04. The van der Waals surface area contributed by atoms with Crippen molar-refractivity contribution in [3.8, 4) is 11.4 Å². The summed E-state index contributed by atoms with van der Waals surface area (Å²) in [5.74, 6) is 1.42. The van der Waals surface area contributed by atoms with Gasteiger partial charge in [-0.1, -0.05) is 53.0 Å². The van der Waals surface area contributed by atoms with Gasteiger partial charge in [-0.05, 0) is 30.3 Å². The lowest BCUT2D eigenvalue weighted by Gasteiger charge is -2.04. The van der Waals surface area contributed by atoms with Crippen LogP contribution in [0, 0.1) is 6.92 Å². The van der Waals surface area contributed by atoms with Gasteiger partial charge < -0.3 is 0 Å². The maximum atomic E-state index is 6.14. The van der Waals surface area contributed by atoms with Gasteiger partial charge in [-0.15, -0.1) is 22.0 Å². The van der Waals surface area contributed by atoms with Crippen LogP contribution in [-0.4, -0.2) is 26.0 Å². The Kier molecular flexibility index (Phi) is 5.20. The first-order valence-electron chi connectivity index (χ1n) is 7.04. The molecule has 1 aromatic heterocycles. The van der Waals surface area contributed by atoms with Gasteiger partial charge in [-0.3, -0.25) is 0 Å². The van der Waals surface area contributed by atoms with E-state index < -0.39 is 0 Å². The summed E-state index contributed by atoms with van der Waals surface area (Å²) < 4.78 is 0. The van der Waals surface area contributed by atoms with Crippen molar-refractivity contribution in [3.05, 3.63) is 58.1 Å². The predicted octanol–water partition coefficient (Wildman–Crippen LogP) is 4.75. The minimum absolute atomic E-state index is 0.635. The fraction of sp³-hybridized carbons (Fsp3) is 0.188. The number of aryl methyl sites for hydroxylation is 2. The largest absolute Gasteiger partial charge is 0.204 e. The Hall–Kier alpha value is -1.56. The molecule has 0 spiro atoms. The van der Waals surface area contributed by atoms with Crippen LogP contribution in [-0.2, 0) is 6.54 Å². The molecule has 3 rings (SSSR count). The van der Waals surface area contributed by atoms with E-state index in [4.69, 9.17) is 23.2 Å². The zero-order valence-corrected chi connectivity index (χ0v) is 14.7. The number of halogens is 2. The topological polar surface area (TPSA) is 43.6 Å². The van der Waals surface area contributed by atoms with Crippen molar-refractivity contribution in [3.63, 3.8) is 0 Å². The first kappa shape index (κ1) is 16.3. The molecule has 0 aliphatic carbocycles.